The molecule has 0 atom stereocenters. The Bertz CT molecular complexity index is 3330. The SMILES string of the molecule is Cc1ccc2c3ccc(C)cc3c3nc(-c4ccc(N(c5ccccc5)c5ccc(-c6ccc7c(c6)c6ccccc6n7-c6ccccc6)cc5)cc4)cnc3c2c1. The predicted molar refractivity (Wildman–Crippen MR) is 244 cm³/mol. The lowest BCUT2D eigenvalue weighted by atomic mass is 9.97. The van der Waals surface area contributed by atoms with Gasteiger partial charge in [0, 0.05) is 49.9 Å². The molecule has 0 aliphatic carbocycles. The Kier molecular flexibility index (Phi) is 7.90. The molecular weight excluding hydrogens is 705 g/mol. The highest BCUT2D eigenvalue weighted by molar-refractivity contribution is 6.23. The van der Waals surface area contributed by atoms with Crippen LogP contribution in [0.5, 0.6) is 0 Å². The fourth-order valence-corrected chi connectivity index (χ4v) is 8.71. The molecule has 0 saturated carbocycles. The number of hydrogen-bond donors (Lipinski definition) is 0. The zero-order chi connectivity index (χ0) is 38.7. The molecule has 274 valence electrons. The van der Waals surface area contributed by atoms with E-state index in [0.717, 1.165) is 55.8 Å². The highest BCUT2D eigenvalue weighted by atomic mass is 15.1. The third-order valence-electron chi connectivity index (χ3n) is 11.5. The lowest BCUT2D eigenvalue weighted by Gasteiger charge is -2.26. The van der Waals surface area contributed by atoms with Crippen LogP contribution < -0.4 is 4.90 Å². The molecule has 0 bridgehead atoms. The van der Waals surface area contributed by atoms with Gasteiger partial charge >= 0.3 is 0 Å². The second kappa shape index (κ2) is 13.6. The third kappa shape index (κ3) is 5.61. The van der Waals surface area contributed by atoms with Crippen LogP contribution in [-0.2, 0) is 0 Å². The molecule has 9 aromatic carbocycles. The number of aromatic nitrogens is 3. The first-order valence-electron chi connectivity index (χ1n) is 19.8. The van der Waals surface area contributed by atoms with Gasteiger partial charge in [-0.2, -0.15) is 0 Å². The fraction of sp³-hybridized carbons (Fsp3) is 0.0370. The van der Waals surface area contributed by atoms with Crippen molar-refractivity contribution >= 4 is 71.4 Å². The van der Waals surface area contributed by atoms with Gasteiger partial charge in [0.05, 0.1) is 34.0 Å². The maximum absolute atomic E-state index is 5.30. The van der Waals surface area contributed by atoms with E-state index in [1.807, 2.05) is 6.20 Å². The number of hydrogen-bond acceptors (Lipinski definition) is 3. The highest BCUT2D eigenvalue weighted by Crippen LogP contribution is 2.40. The second-order valence-corrected chi connectivity index (χ2v) is 15.2. The molecule has 11 rings (SSSR count). The van der Waals surface area contributed by atoms with Crippen LogP contribution in [0.3, 0.4) is 0 Å². The molecule has 0 saturated heterocycles. The van der Waals surface area contributed by atoms with E-state index in [-0.39, 0.29) is 0 Å². The summed E-state index contributed by atoms with van der Waals surface area (Å²) in [4.78, 5) is 12.7. The number of nitrogens with zero attached hydrogens (tertiary/aromatic N) is 4. The topological polar surface area (TPSA) is 34.0 Å². The Morgan fingerprint density at radius 2 is 0.948 bits per heavy atom. The Morgan fingerprint density at radius 3 is 1.64 bits per heavy atom. The average molecular weight is 743 g/mol. The molecule has 4 nitrogen and oxygen atoms in total. The van der Waals surface area contributed by atoms with Crippen LogP contribution in [0.25, 0.3) is 82.5 Å². The first-order chi connectivity index (χ1) is 28.6. The average Bonchev–Trinajstić information content (AvgIpc) is 3.61. The van der Waals surface area contributed by atoms with Crippen LogP contribution in [-0.4, -0.2) is 14.5 Å². The van der Waals surface area contributed by atoms with Crippen LogP contribution in [0.15, 0.2) is 194 Å². The standard InChI is InChI=1S/C54H38N4/c1-35-17-28-44-45-29-18-36(2)32-49(45)54-53(48(44)31-35)55-34-50(56-54)38-21-26-43(27-22-38)57(40-11-5-3-6-12-40)42-24-19-37(20-25-42)39-23-30-52-47(33-39)46-15-9-10-16-51(46)58(52)41-13-7-4-8-14-41/h3-34H,1-2H3. The minimum atomic E-state index is 0.855. The van der Waals surface area contributed by atoms with Crippen molar-refractivity contribution in [1.82, 2.24) is 14.5 Å². The van der Waals surface area contributed by atoms with Crippen molar-refractivity contribution < 1.29 is 0 Å². The lowest BCUT2D eigenvalue weighted by molar-refractivity contribution is 1.18. The summed E-state index contributed by atoms with van der Waals surface area (Å²) in [6.45, 7) is 4.27. The van der Waals surface area contributed by atoms with Crippen molar-refractivity contribution in [3.8, 4) is 28.1 Å². The zero-order valence-corrected chi connectivity index (χ0v) is 32.3. The summed E-state index contributed by atoms with van der Waals surface area (Å²) in [5.74, 6) is 0. The summed E-state index contributed by atoms with van der Waals surface area (Å²) in [7, 11) is 0. The smallest absolute Gasteiger partial charge is 0.0979 e. The Morgan fingerprint density at radius 1 is 0.397 bits per heavy atom. The number of rotatable bonds is 6. The van der Waals surface area contributed by atoms with Crippen LogP contribution in [0.2, 0.25) is 0 Å². The van der Waals surface area contributed by atoms with E-state index in [2.05, 4.69) is 211 Å². The molecule has 0 amide bonds. The predicted octanol–water partition coefficient (Wildman–Crippen LogP) is 14.5. The minimum absolute atomic E-state index is 0.855. The first kappa shape index (κ1) is 33.8. The van der Waals surface area contributed by atoms with Gasteiger partial charge in [-0.3, -0.25) is 4.98 Å². The molecule has 11 aromatic rings. The molecular formula is C54H38N4. The highest BCUT2D eigenvalue weighted by Gasteiger charge is 2.17. The zero-order valence-electron chi connectivity index (χ0n) is 32.3. The monoisotopic (exact) mass is 742 g/mol. The molecule has 0 aliphatic heterocycles. The lowest BCUT2D eigenvalue weighted by Crippen LogP contribution is -2.09. The van der Waals surface area contributed by atoms with Gasteiger partial charge < -0.3 is 9.47 Å². The van der Waals surface area contributed by atoms with Crippen LogP contribution in [0, 0.1) is 13.8 Å². The maximum atomic E-state index is 5.30. The number of aryl methyl sites for hydroxylation is 2. The van der Waals surface area contributed by atoms with E-state index in [0.29, 0.717) is 0 Å². The first-order valence-corrected chi connectivity index (χ1v) is 19.8. The number of anilines is 3. The Labute approximate surface area is 336 Å². The van der Waals surface area contributed by atoms with E-state index >= 15 is 0 Å². The summed E-state index contributed by atoms with van der Waals surface area (Å²) in [5, 5.41) is 7.18. The largest absolute Gasteiger partial charge is 0.311 e. The molecule has 0 aliphatic rings. The fourth-order valence-electron chi connectivity index (χ4n) is 8.71. The molecule has 0 N–H and O–H groups in total. The van der Waals surface area contributed by atoms with Gasteiger partial charge in [0.25, 0.3) is 0 Å². The molecule has 2 heterocycles. The van der Waals surface area contributed by atoms with Gasteiger partial charge in [-0.05, 0) is 115 Å². The van der Waals surface area contributed by atoms with Crippen LogP contribution in [0.1, 0.15) is 11.1 Å². The second-order valence-electron chi connectivity index (χ2n) is 15.2. The summed E-state index contributed by atoms with van der Waals surface area (Å²) >= 11 is 0. The van der Waals surface area contributed by atoms with E-state index in [1.54, 1.807) is 0 Å². The van der Waals surface area contributed by atoms with E-state index in [9.17, 15) is 0 Å². The van der Waals surface area contributed by atoms with Gasteiger partial charge in [0.15, 0.2) is 0 Å². The van der Waals surface area contributed by atoms with Crippen molar-refractivity contribution in [3.05, 3.63) is 205 Å². The number of benzene rings is 9. The van der Waals surface area contributed by atoms with Crippen LogP contribution in [0.4, 0.5) is 17.1 Å². The maximum Gasteiger partial charge on any atom is 0.0979 e. The molecule has 2 aromatic heterocycles. The third-order valence-corrected chi connectivity index (χ3v) is 11.5. The van der Waals surface area contributed by atoms with E-state index in [4.69, 9.17) is 9.97 Å². The van der Waals surface area contributed by atoms with Crippen molar-refractivity contribution in [2.45, 2.75) is 13.8 Å². The summed E-state index contributed by atoms with van der Waals surface area (Å²) in [5.41, 5.74) is 15.3. The molecule has 0 unspecified atom stereocenters. The van der Waals surface area contributed by atoms with Gasteiger partial charge in [-0.1, -0.05) is 120 Å². The molecule has 0 spiro atoms. The Balaban J connectivity index is 0.961. The summed E-state index contributed by atoms with van der Waals surface area (Å²) < 4.78 is 2.36. The van der Waals surface area contributed by atoms with Crippen molar-refractivity contribution in [3.63, 3.8) is 0 Å². The molecule has 0 radical (unpaired) electrons. The van der Waals surface area contributed by atoms with Crippen molar-refractivity contribution in [2.24, 2.45) is 0 Å². The quantitative estimate of drug-likeness (QED) is 0.159. The summed E-state index contributed by atoms with van der Waals surface area (Å²) in [6, 6.07) is 67.6. The molecule has 4 heteroatoms. The molecule has 58 heavy (non-hydrogen) atoms. The Hall–Kier alpha value is -7.56. The number of fused-ring (bicyclic) bond motifs is 9. The van der Waals surface area contributed by atoms with Crippen molar-refractivity contribution in [1.29, 1.82) is 0 Å². The van der Waals surface area contributed by atoms with Crippen LogP contribution >= 0.6 is 0 Å². The van der Waals surface area contributed by atoms with Gasteiger partial charge in [0.1, 0.15) is 0 Å². The minimum Gasteiger partial charge on any atom is -0.311 e. The molecule has 0 fully saturated rings. The van der Waals surface area contributed by atoms with E-state index in [1.165, 1.54) is 54.8 Å². The number of para-hydroxylation sites is 3. The summed E-state index contributed by atoms with van der Waals surface area (Å²) in [6.07, 6.45) is 1.92. The van der Waals surface area contributed by atoms with E-state index < -0.39 is 0 Å². The van der Waals surface area contributed by atoms with Gasteiger partial charge in [-0.25, -0.2) is 4.98 Å². The van der Waals surface area contributed by atoms with Gasteiger partial charge in [-0.15, -0.1) is 0 Å². The normalized spacial score (nSPS) is 11.6. The van der Waals surface area contributed by atoms with Crippen molar-refractivity contribution in [2.75, 3.05) is 4.90 Å². The van der Waals surface area contributed by atoms with Gasteiger partial charge in [0.2, 0.25) is 0 Å².